The van der Waals surface area contributed by atoms with E-state index in [1.165, 1.54) is 0 Å². The fourth-order valence-corrected chi connectivity index (χ4v) is 3.82. The minimum absolute atomic E-state index is 0.0732. The number of nitrogens with zero attached hydrogens (tertiary/aromatic N) is 1. The van der Waals surface area contributed by atoms with Crippen LogP contribution in [-0.2, 0) is 11.2 Å². The molecular weight excluding hydrogens is 392 g/mol. The molecule has 0 radical (unpaired) electrons. The van der Waals surface area contributed by atoms with Gasteiger partial charge in [-0.05, 0) is 55.2 Å². The number of amides is 2. The van der Waals surface area contributed by atoms with Gasteiger partial charge in [-0.2, -0.15) is 0 Å². The molecule has 2 aliphatic heterocycles. The third kappa shape index (κ3) is 4.65. The van der Waals surface area contributed by atoms with Gasteiger partial charge in [0.25, 0.3) is 5.91 Å². The lowest BCUT2D eigenvalue weighted by atomic mass is 10.1. The van der Waals surface area contributed by atoms with Crippen molar-refractivity contribution in [2.24, 2.45) is 0 Å². The smallest absolute Gasteiger partial charge is 0.255 e. The number of benzene rings is 2. The van der Waals surface area contributed by atoms with E-state index in [-0.39, 0.29) is 18.2 Å². The molecule has 1 fully saturated rings. The standard InChI is InChI=1S/C22H23ClN2O4/c23-16-5-6-17(22(27)25-8-2-1-3-9-25)18(14-16)24-21(26)13-15-4-7-19-20(12-15)29-11-10-28-19/h4-7,12,14H,1-3,8-11,13H2,(H,24,26). The normalized spacial score (nSPS) is 15.7. The van der Waals surface area contributed by atoms with E-state index in [1.54, 1.807) is 18.2 Å². The fourth-order valence-electron chi connectivity index (χ4n) is 3.65. The van der Waals surface area contributed by atoms with Gasteiger partial charge in [0.15, 0.2) is 11.5 Å². The molecule has 2 heterocycles. The van der Waals surface area contributed by atoms with Gasteiger partial charge >= 0.3 is 0 Å². The monoisotopic (exact) mass is 414 g/mol. The van der Waals surface area contributed by atoms with Crippen LogP contribution in [-0.4, -0.2) is 43.0 Å². The summed E-state index contributed by atoms with van der Waals surface area (Å²) < 4.78 is 11.1. The van der Waals surface area contributed by atoms with Crippen LogP contribution in [0.3, 0.4) is 0 Å². The minimum atomic E-state index is -0.225. The number of hydrogen-bond donors (Lipinski definition) is 1. The van der Waals surface area contributed by atoms with Crippen LogP contribution in [0, 0.1) is 0 Å². The highest BCUT2D eigenvalue weighted by Crippen LogP contribution is 2.31. The third-order valence-electron chi connectivity index (χ3n) is 5.10. The van der Waals surface area contributed by atoms with Gasteiger partial charge in [-0.3, -0.25) is 9.59 Å². The summed E-state index contributed by atoms with van der Waals surface area (Å²) in [6.07, 6.45) is 3.31. The summed E-state index contributed by atoms with van der Waals surface area (Å²) in [5.41, 5.74) is 1.71. The number of carbonyl (C=O) groups is 2. The van der Waals surface area contributed by atoms with E-state index >= 15 is 0 Å². The van der Waals surface area contributed by atoms with Crippen LogP contribution in [0.5, 0.6) is 11.5 Å². The Morgan fingerprint density at radius 3 is 2.52 bits per heavy atom. The maximum atomic E-state index is 12.9. The summed E-state index contributed by atoms with van der Waals surface area (Å²) in [6.45, 7) is 2.50. The molecule has 6 nitrogen and oxygen atoms in total. The first-order valence-corrected chi connectivity index (χ1v) is 10.3. The molecule has 0 aliphatic carbocycles. The first-order chi connectivity index (χ1) is 14.1. The number of ether oxygens (including phenoxy) is 2. The summed E-state index contributed by atoms with van der Waals surface area (Å²) in [7, 11) is 0. The SMILES string of the molecule is O=C(Cc1ccc2c(c1)OCCO2)Nc1cc(Cl)ccc1C(=O)N1CCCCC1. The Bertz CT molecular complexity index is 925. The van der Waals surface area contributed by atoms with Crippen molar-refractivity contribution >= 4 is 29.1 Å². The van der Waals surface area contributed by atoms with Gasteiger partial charge in [-0.15, -0.1) is 0 Å². The summed E-state index contributed by atoms with van der Waals surface area (Å²) in [4.78, 5) is 27.4. The third-order valence-corrected chi connectivity index (χ3v) is 5.34. The topological polar surface area (TPSA) is 67.9 Å². The number of rotatable bonds is 4. The highest BCUT2D eigenvalue weighted by molar-refractivity contribution is 6.31. The van der Waals surface area contributed by atoms with Crippen molar-refractivity contribution < 1.29 is 19.1 Å². The van der Waals surface area contributed by atoms with Gasteiger partial charge < -0.3 is 19.7 Å². The van der Waals surface area contributed by atoms with E-state index in [0.29, 0.717) is 41.0 Å². The maximum absolute atomic E-state index is 12.9. The molecule has 0 spiro atoms. The van der Waals surface area contributed by atoms with Crippen molar-refractivity contribution in [2.45, 2.75) is 25.7 Å². The molecule has 0 bridgehead atoms. The molecule has 0 atom stereocenters. The summed E-state index contributed by atoms with van der Waals surface area (Å²) in [5.74, 6) is 1.03. The number of likely N-dealkylation sites (tertiary alicyclic amines) is 1. The number of fused-ring (bicyclic) bond motifs is 1. The van der Waals surface area contributed by atoms with Crippen molar-refractivity contribution in [3.63, 3.8) is 0 Å². The van der Waals surface area contributed by atoms with Crippen LogP contribution >= 0.6 is 11.6 Å². The lowest BCUT2D eigenvalue weighted by molar-refractivity contribution is -0.115. The zero-order valence-electron chi connectivity index (χ0n) is 16.1. The highest BCUT2D eigenvalue weighted by Gasteiger charge is 2.22. The Hall–Kier alpha value is -2.73. The predicted octanol–water partition coefficient (Wildman–Crippen LogP) is 3.92. The first kappa shape index (κ1) is 19.6. The summed E-state index contributed by atoms with van der Waals surface area (Å²) in [5, 5.41) is 3.32. The minimum Gasteiger partial charge on any atom is -0.486 e. The molecule has 1 N–H and O–H groups in total. The van der Waals surface area contributed by atoms with Crippen molar-refractivity contribution in [3.05, 3.63) is 52.5 Å². The van der Waals surface area contributed by atoms with E-state index in [0.717, 1.165) is 37.9 Å². The number of carbonyl (C=O) groups excluding carboxylic acids is 2. The van der Waals surface area contributed by atoms with Crippen LogP contribution in [0.2, 0.25) is 5.02 Å². The molecule has 0 saturated carbocycles. The van der Waals surface area contributed by atoms with Crippen LogP contribution in [0.4, 0.5) is 5.69 Å². The van der Waals surface area contributed by atoms with Gasteiger partial charge in [0.1, 0.15) is 13.2 Å². The lowest BCUT2D eigenvalue weighted by Crippen LogP contribution is -2.36. The van der Waals surface area contributed by atoms with E-state index < -0.39 is 0 Å². The van der Waals surface area contributed by atoms with Crippen LogP contribution < -0.4 is 14.8 Å². The second-order valence-electron chi connectivity index (χ2n) is 7.25. The highest BCUT2D eigenvalue weighted by atomic mass is 35.5. The number of anilines is 1. The van der Waals surface area contributed by atoms with E-state index in [4.69, 9.17) is 21.1 Å². The molecule has 152 valence electrons. The summed E-state index contributed by atoms with van der Waals surface area (Å²) >= 11 is 6.12. The van der Waals surface area contributed by atoms with Crippen molar-refractivity contribution in [1.82, 2.24) is 4.90 Å². The fraction of sp³-hybridized carbons (Fsp3) is 0.364. The Labute approximate surface area is 174 Å². The van der Waals surface area contributed by atoms with Crippen molar-refractivity contribution in [1.29, 1.82) is 0 Å². The predicted molar refractivity (Wildman–Crippen MR) is 111 cm³/mol. The van der Waals surface area contributed by atoms with Crippen molar-refractivity contribution in [2.75, 3.05) is 31.6 Å². The number of halogens is 1. The quantitative estimate of drug-likeness (QED) is 0.823. The maximum Gasteiger partial charge on any atom is 0.255 e. The Kier molecular flexibility index (Phi) is 5.90. The average molecular weight is 415 g/mol. The Balaban J connectivity index is 1.49. The molecule has 2 aromatic carbocycles. The van der Waals surface area contributed by atoms with E-state index in [1.807, 2.05) is 23.1 Å². The molecule has 2 aromatic rings. The molecule has 7 heteroatoms. The lowest BCUT2D eigenvalue weighted by Gasteiger charge is -2.27. The molecule has 1 saturated heterocycles. The second-order valence-corrected chi connectivity index (χ2v) is 7.68. The Morgan fingerprint density at radius 1 is 0.966 bits per heavy atom. The van der Waals surface area contributed by atoms with Crippen molar-refractivity contribution in [3.8, 4) is 11.5 Å². The molecule has 0 unspecified atom stereocenters. The average Bonchev–Trinajstić information content (AvgIpc) is 2.74. The Morgan fingerprint density at radius 2 is 1.72 bits per heavy atom. The van der Waals surface area contributed by atoms with Crippen LogP contribution in [0.25, 0.3) is 0 Å². The summed E-state index contributed by atoms with van der Waals surface area (Å²) in [6, 6.07) is 10.4. The molecule has 0 aromatic heterocycles. The van der Waals surface area contributed by atoms with Crippen LogP contribution in [0.1, 0.15) is 35.2 Å². The molecular formula is C22H23ClN2O4. The largest absolute Gasteiger partial charge is 0.486 e. The zero-order valence-corrected chi connectivity index (χ0v) is 16.8. The molecule has 29 heavy (non-hydrogen) atoms. The van der Waals surface area contributed by atoms with E-state index in [2.05, 4.69) is 5.32 Å². The zero-order chi connectivity index (χ0) is 20.2. The molecule has 2 amide bonds. The van der Waals surface area contributed by atoms with Gasteiger partial charge in [0, 0.05) is 18.1 Å². The molecule has 4 rings (SSSR count). The number of piperidine rings is 1. The van der Waals surface area contributed by atoms with Gasteiger partial charge in [-0.1, -0.05) is 17.7 Å². The van der Waals surface area contributed by atoms with Gasteiger partial charge in [-0.25, -0.2) is 0 Å². The van der Waals surface area contributed by atoms with Crippen LogP contribution in [0.15, 0.2) is 36.4 Å². The second kappa shape index (κ2) is 8.74. The first-order valence-electron chi connectivity index (χ1n) is 9.87. The number of hydrogen-bond acceptors (Lipinski definition) is 4. The van der Waals surface area contributed by atoms with Gasteiger partial charge in [0.2, 0.25) is 5.91 Å². The number of nitrogens with one attached hydrogen (secondary N) is 1. The van der Waals surface area contributed by atoms with E-state index in [9.17, 15) is 9.59 Å². The van der Waals surface area contributed by atoms with Gasteiger partial charge in [0.05, 0.1) is 17.7 Å². The molecule has 2 aliphatic rings.